The van der Waals surface area contributed by atoms with Gasteiger partial charge in [0.2, 0.25) is 11.8 Å². The van der Waals surface area contributed by atoms with Crippen LogP contribution in [0, 0.1) is 0 Å². The number of morpholine rings is 1. The van der Waals surface area contributed by atoms with Crippen LogP contribution in [0.3, 0.4) is 0 Å². The van der Waals surface area contributed by atoms with Crippen molar-refractivity contribution in [1.82, 2.24) is 9.80 Å². The van der Waals surface area contributed by atoms with Crippen LogP contribution >= 0.6 is 11.8 Å². The quantitative estimate of drug-likeness (QED) is 0.824. The number of benzene rings is 1. The van der Waals surface area contributed by atoms with E-state index in [1.54, 1.807) is 28.7 Å². The van der Waals surface area contributed by atoms with Gasteiger partial charge in [0.25, 0.3) is 0 Å². The highest BCUT2D eigenvalue weighted by atomic mass is 32.2. The molecule has 2 atom stereocenters. The summed E-state index contributed by atoms with van der Waals surface area (Å²) in [5.41, 5.74) is 1.01. The van der Waals surface area contributed by atoms with E-state index in [2.05, 4.69) is 0 Å². The number of methoxy groups -OCH3 is 1. The van der Waals surface area contributed by atoms with Crippen LogP contribution in [-0.2, 0) is 14.3 Å². The minimum Gasteiger partial charge on any atom is -0.497 e. The molecule has 3 rings (SSSR count). The van der Waals surface area contributed by atoms with Crippen molar-refractivity contribution in [2.75, 3.05) is 39.2 Å². The van der Waals surface area contributed by atoms with E-state index < -0.39 is 6.04 Å². The molecule has 0 N–H and O–H groups in total. The second-order valence-corrected chi connectivity index (χ2v) is 6.92. The molecule has 1 aromatic carbocycles. The molecule has 2 aliphatic heterocycles. The molecular weight excluding hydrogens is 328 g/mol. The van der Waals surface area contributed by atoms with E-state index in [0.717, 1.165) is 11.3 Å². The number of nitrogens with zero attached hydrogens (tertiary/aromatic N) is 2. The molecule has 0 bridgehead atoms. The Morgan fingerprint density at radius 3 is 2.58 bits per heavy atom. The van der Waals surface area contributed by atoms with Crippen LogP contribution in [0.4, 0.5) is 0 Å². The summed E-state index contributed by atoms with van der Waals surface area (Å²) in [6, 6.07) is 7.19. The first-order valence-corrected chi connectivity index (χ1v) is 9.10. The normalized spacial score (nSPS) is 22.6. The zero-order chi connectivity index (χ0) is 17.1. The number of thioether (sulfide) groups is 1. The number of hydrogen-bond donors (Lipinski definition) is 0. The number of carbonyl (C=O) groups excluding carboxylic acids is 2. The number of rotatable bonds is 4. The molecular formula is C17H22N2O4S. The Kier molecular flexibility index (Phi) is 5.30. The van der Waals surface area contributed by atoms with Gasteiger partial charge in [-0.3, -0.25) is 9.59 Å². The second kappa shape index (κ2) is 7.44. The van der Waals surface area contributed by atoms with Crippen LogP contribution in [-0.4, -0.2) is 66.8 Å². The van der Waals surface area contributed by atoms with Gasteiger partial charge in [-0.2, -0.15) is 0 Å². The zero-order valence-electron chi connectivity index (χ0n) is 13.9. The van der Waals surface area contributed by atoms with Gasteiger partial charge in [0.1, 0.15) is 17.2 Å². The summed E-state index contributed by atoms with van der Waals surface area (Å²) in [6.07, 6.45) is 0. The zero-order valence-corrected chi connectivity index (χ0v) is 14.8. The Bertz CT molecular complexity index is 601. The van der Waals surface area contributed by atoms with Crippen LogP contribution in [0.25, 0.3) is 0 Å². The third kappa shape index (κ3) is 3.37. The Labute approximate surface area is 146 Å². The molecule has 6 nitrogen and oxygen atoms in total. The molecule has 24 heavy (non-hydrogen) atoms. The Balaban J connectivity index is 1.77. The van der Waals surface area contributed by atoms with Crippen molar-refractivity contribution < 1.29 is 19.1 Å². The maximum Gasteiger partial charge on any atom is 0.245 e. The summed E-state index contributed by atoms with van der Waals surface area (Å²) in [4.78, 5) is 28.6. The van der Waals surface area contributed by atoms with E-state index in [1.807, 2.05) is 31.2 Å². The van der Waals surface area contributed by atoms with Gasteiger partial charge in [0.05, 0.1) is 26.1 Å². The van der Waals surface area contributed by atoms with Gasteiger partial charge in [-0.25, -0.2) is 0 Å². The van der Waals surface area contributed by atoms with Gasteiger partial charge in [0.15, 0.2) is 0 Å². The third-order valence-electron chi connectivity index (χ3n) is 4.40. The highest BCUT2D eigenvalue weighted by molar-refractivity contribution is 8.00. The molecule has 1 aromatic rings. The predicted octanol–water partition coefficient (Wildman–Crippen LogP) is 1.52. The van der Waals surface area contributed by atoms with E-state index in [-0.39, 0.29) is 17.2 Å². The smallest absolute Gasteiger partial charge is 0.245 e. The molecule has 0 aliphatic carbocycles. The fraction of sp³-hybridized carbons (Fsp3) is 0.529. The second-order valence-electron chi connectivity index (χ2n) is 5.85. The van der Waals surface area contributed by atoms with Crippen molar-refractivity contribution in [2.45, 2.75) is 18.3 Å². The Morgan fingerprint density at radius 2 is 1.96 bits per heavy atom. The average molecular weight is 350 g/mol. The predicted molar refractivity (Wildman–Crippen MR) is 91.9 cm³/mol. The largest absolute Gasteiger partial charge is 0.497 e. The molecule has 2 amide bonds. The molecule has 0 spiro atoms. The van der Waals surface area contributed by atoms with Crippen molar-refractivity contribution >= 4 is 23.6 Å². The number of hydrogen-bond acceptors (Lipinski definition) is 5. The van der Waals surface area contributed by atoms with Crippen molar-refractivity contribution in [2.24, 2.45) is 0 Å². The lowest BCUT2D eigenvalue weighted by Gasteiger charge is -2.35. The summed E-state index contributed by atoms with van der Waals surface area (Å²) in [5, 5.41) is -0.136. The van der Waals surface area contributed by atoms with Crippen LogP contribution in [0.15, 0.2) is 24.3 Å². The van der Waals surface area contributed by atoms with Gasteiger partial charge in [-0.1, -0.05) is 12.1 Å². The lowest BCUT2D eigenvalue weighted by Crippen LogP contribution is -2.51. The number of amides is 2. The summed E-state index contributed by atoms with van der Waals surface area (Å²) in [6.45, 7) is 4.11. The summed E-state index contributed by atoms with van der Waals surface area (Å²) in [7, 11) is 1.62. The Hall–Kier alpha value is -1.73. The number of carbonyl (C=O) groups is 2. The van der Waals surface area contributed by atoms with Crippen LogP contribution < -0.4 is 4.74 Å². The van der Waals surface area contributed by atoms with Crippen molar-refractivity contribution in [1.29, 1.82) is 0 Å². The van der Waals surface area contributed by atoms with Gasteiger partial charge >= 0.3 is 0 Å². The van der Waals surface area contributed by atoms with Gasteiger partial charge in [-0.05, 0) is 24.6 Å². The standard InChI is InChI=1S/C17H22N2O4S/c1-12(16(21)18-7-9-23-10-8-18)19-15(20)11-24-17(19)13-3-5-14(22-2)6-4-13/h3-6,12,17H,7-11H2,1-2H3/t12-,17-/m0/s1. The maximum absolute atomic E-state index is 12.8. The highest BCUT2D eigenvalue weighted by Gasteiger charge is 2.40. The molecule has 0 radical (unpaired) electrons. The monoisotopic (exact) mass is 350 g/mol. The molecule has 0 unspecified atom stereocenters. The van der Waals surface area contributed by atoms with E-state index >= 15 is 0 Å². The SMILES string of the molecule is COc1ccc([C@@H]2SCC(=O)N2[C@@H](C)C(=O)N2CCOCC2)cc1. The molecule has 2 aliphatic rings. The fourth-order valence-electron chi connectivity index (χ4n) is 3.05. The first kappa shape index (κ1) is 17.1. The minimum atomic E-state index is -0.474. The molecule has 2 saturated heterocycles. The van der Waals surface area contributed by atoms with Gasteiger partial charge in [-0.15, -0.1) is 11.8 Å². The molecule has 2 fully saturated rings. The topological polar surface area (TPSA) is 59.1 Å². The Morgan fingerprint density at radius 1 is 1.29 bits per heavy atom. The number of ether oxygens (including phenoxy) is 2. The van der Waals surface area contributed by atoms with Crippen molar-refractivity contribution in [3.05, 3.63) is 29.8 Å². The van der Waals surface area contributed by atoms with Crippen molar-refractivity contribution in [3.8, 4) is 5.75 Å². The van der Waals surface area contributed by atoms with Gasteiger partial charge in [0, 0.05) is 13.1 Å². The van der Waals surface area contributed by atoms with Crippen LogP contribution in [0.2, 0.25) is 0 Å². The fourth-order valence-corrected chi connectivity index (χ4v) is 4.31. The first-order valence-electron chi connectivity index (χ1n) is 8.05. The average Bonchev–Trinajstić information content (AvgIpc) is 3.02. The molecule has 0 aromatic heterocycles. The maximum atomic E-state index is 12.8. The molecule has 130 valence electrons. The lowest BCUT2D eigenvalue weighted by atomic mass is 10.1. The molecule has 2 heterocycles. The molecule has 7 heteroatoms. The van der Waals surface area contributed by atoms with Gasteiger partial charge < -0.3 is 19.3 Å². The first-order chi connectivity index (χ1) is 11.6. The van der Waals surface area contributed by atoms with E-state index in [4.69, 9.17) is 9.47 Å². The van der Waals surface area contributed by atoms with Crippen LogP contribution in [0.5, 0.6) is 5.75 Å². The van der Waals surface area contributed by atoms with E-state index in [9.17, 15) is 9.59 Å². The van der Waals surface area contributed by atoms with Crippen molar-refractivity contribution in [3.63, 3.8) is 0 Å². The lowest BCUT2D eigenvalue weighted by molar-refractivity contribution is -0.146. The van der Waals surface area contributed by atoms with E-state index in [0.29, 0.717) is 32.1 Å². The highest BCUT2D eigenvalue weighted by Crippen LogP contribution is 2.40. The van der Waals surface area contributed by atoms with Crippen LogP contribution in [0.1, 0.15) is 17.9 Å². The summed E-state index contributed by atoms with van der Waals surface area (Å²) >= 11 is 1.56. The minimum absolute atomic E-state index is 0.00679. The van der Waals surface area contributed by atoms with E-state index in [1.165, 1.54) is 0 Å². The third-order valence-corrected chi connectivity index (χ3v) is 5.63. The summed E-state index contributed by atoms with van der Waals surface area (Å²) < 4.78 is 10.5. The summed E-state index contributed by atoms with van der Waals surface area (Å²) in [5.74, 6) is 1.18. The molecule has 0 saturated carbocycles.